The number of amides is 1. The molecule has 0 bridgehead atoms. The Morgan fingerprint density at radius 3 is 2.30 bits per heavy atom. The van der Waals surface area contributed by atoms with E-state index in [-0.39, 0.29) is 18.3 Å². The van der Waals surface area contributed by atoms with E-state index in [0.717, 1.165) is 5.56 Å². The molecule has 0 unspecified atom stereocenters. The lowest BCUT2D eigenvalue weighted by molar-refractivity contribution is 0.102. The maximum absolute atomic E-state index is 11.9. The quantitative estimate of drug-likeness (QED) is 0.838. The van der Waals surface area contributed by atoms with Crippen LogP contribution in [0.3, 0.4) is 0 Å². The highest BCUT2D eigenvalue weighted by Crippen LogP contribution is 2.23. The van der Waals surface area contributed by atoms with E-state index in [1.165, 1.54) is 0 Å². The summed E-state index contributed by atoms with van der Waals surface area (Å²) in [6.45, 7) is 1.95. The van der Waals surface area contributed by atoms with Gasteiger partial charge in [0, 0.05) is 16.3 Å². The van der Waals surface area contributed by atoms with Crippen LogP contribution in [0.5, 0.6) is 0 Å². The third kappa shape index (κ3) is 4.88. The molecule has 0 radical (unpaired) electrons. The Balaban J connectivity index is 0.00000115. The first kappa shape index (κ1) is 17.9. The molecule has 0 saturated heterocycles. The molecule has 6 heteroatoms. The molecule has 0 fully saturated rings. The monoisotopic (exact) mass is 309 g/mol. The van der Waals surface area contributed by atoms with Crippen LogP contribution in [-0.2, 0) is 0 Å². The van der Waals surface area contributed by atoms with Gasteiger partial charge in [0.05, 0.1) is 10.7 Å². The van der Waals surface area contributed by atoms with Gasteiger partial charge in [-0.15, -0.1) is 12.4 Å². The molecule has 0 saturated carbocycles. The van der Waals surface area contributed by atoms with Crippen LogP contribution in [0.15, 0.2) is 48.5 Å². The van der Waals surface area contributed by atoms with Gasteiger partial charge in [0.15, 0.2) is 0 Å². The van der Waals surface area contributed by atoms with Gasteiger partial charge in [0.2, 0.25) is 0 Å². The lowest BCUT2D eigenvalue weighted by Gasteiger charge is -2.08. The van der Waals surface area contributed by atoms with Crippen LogP contribution in [-0.4, -0.2) is 5.91 Å². The SMILES string of the molecule is Cc1ccc(Cl)c(NC(=O)c2ccccc2)c1.Cl.N#N. The third-order valence-electron chi connectivity index (χ3n) is 2.41. The third-order valence-corrected chi connectivity index (χ3v) is 2.74. The van der Waals surface area contributed by atoms with Crippen molar-refractivity contribution in [3.8, 4) is 0 Å². The van der Waals surface area contributed by atoms with E-state index in [1.807, 2.05) is 37.3 Å². The standard InChI is InChI=1S/C14H12ClNO.ClH.N2/c1-10-7-8-12(15)13(9-10)16-14(17)11-5-3-2-4-6-11;;1-2/h2-9H,1H3,(H,16,17);1H;. The zero-order chi connectivity index (χ0) is 14.3. The minimum Gasteiger partial charge on any atom is -0.321 e. The second-order valence-corrected chi connectivity index (χ2v) is 4.21. The summed E-state index contributed by atoms with van der Waals surface area (Å²) in [7, 11) is 0. The Bertz CT molecular complexity index is 585. The van der Waals surface area contributed by atoms with Crippen LogP contribution in [0.4, 0.5) is 5.69 Å². The Labute approximate surface area is 128 Å². The molecule has 104 valence electrons. The van der Waals surface area contributed by atoms with E-state index in [1.54, 1.807) is 18.2 Å². The van der Waals surface area contributed by atoms with Gasteiger partial charge in [-0.25, -0.2) is 0 Å². The highest BCUT2D eigenvalue weighted by molar-refractivity contribution is 6.33. The van der Waals surface area contributed by atoms with Crippen LogP contribution in [0.25, 0.3) is 0 Å². The molecular formula is C14H13Cl2N3O. The summed E-state index contributed by atoms with van der Waals surface area (Å²) in [4.78, 5) is 11.9. The topological polar surface area (TPSA) is 76.7 Å². The number of halogens is 2. The molecule has 2 aromatic carbocycles. The molecule has 1 amide bonds. The van der Waals surface area contributed by atoms with Crippen molar-refractivity contribution in [2.75, 3.05) is 5.32 Å². The van der Waals surface area contributed by atoms with Gasteiger partial charge in [-0.3, -0.25) is 4.79 Å². The largest absolute Gasteiger partial charge is 0.321 e. The van der Waals surface area contributed by atoms with Crippen LogP contribution in [0, 0.1) is 17.7 Å². The summed E-state index contributed by atoms with van der Waals surface area (Å²) < 4.78 is 0. The van der Waals surface area contributed by atoms with Gasteiger partial charge in [-0.05, 0) is 36.8 Å². The number of rotatable bonds is 2. The van der Waals surface area contributed by atoms with E-state index in [2.05, 4.69) is 5.32 Å². The molecule has 0 aromatic heterocycles. The minimum absolute atomic E-state index is 0. The summed E-state index contributed by atoms with van der Waals surface area (Å²) in [6.07, 6.45) is 0. The number of nitrogens with one attached hydrogen (secondary N) is 1. The zero-order valence-electron chi connectivity index (χ0n) is 10.7. The summed E-state index contributed by atoms with van der Waals surface area (Å²) in [5.74, 6) is -0.155. The van der Waals surface area contributed by atoms with Crippen molar-refractivity contribution in [2.45, 2.75) is 6.92 Å². The maximum atomic E-state index is 11.9. The molecule has 0 aliphatic rings. The Morgan fingerprint density at radius 2 is 1.70 bits per heavy atom. The van der Waals surface area contributed by atoms with Crippen molar-refractivity contribution in [2.24, 2.45) is 0 Å². The normalized spacial score (nSPS) is 8.60. The fourth-order valence-corrected chi connectivity index (χ4v) is 1.68. The van der Waals surface area contributed by atoms with Crippen molar-refractivity contribution in [1.82, 2.24) is 0 Å². The van der Waals surface area contributed by atoms with E-state index in [4.69, 9.17) is 22.4 Å². The fraction of sp³-hybridized carbons (Fsp3) is 0.0714. The lowest BCUT2D eigenvalue weighted by atomic mass is 10.2. The summed E-state index contributed by atoms with van der Waals surface area (Å²) in [5.41, 5.74) is 2.31. The fourth-order valence-electron chi connectivity index (χ4n) is 1.52. The number of carbonyl (C=O) groups excluding carboxylic acids is 1. The van der Waals surface area contributed by atoms with Crippen molar-refractivity contribution in [3.63, 3.8) is 0 Å². The molecule has 2 aromatic rings. The van der Waals surface area contributed by atoms with Crippen molar-refractivity contribution >= 4 is 35.6 Å². The molecule has 1 N–H and O–H groups in total. The first-order valence-corrected chi connectivity index (χ1v) is 5.87. The maximum Gasteiger partial charge on any atom is 0.255 e. The van der Waals surface area contributed by atoms with E-state index in [9.17, 15) is 4.79 Å². The van der Waals surface area contributed by atoms with Gasteiger partial charge in [0.1, 0.15) is 0 Å². The first-order chi connectivity index (χ1) is 9.16. The highest BCUT2D eigenvalue weighted by Gasteiger charge is 2.07. The Morgan fingerprint density at radius 1 is 1.10 bits per heavy atom. The highest BCUT2D eigenvalue weighted by atomic mass is 35.5. The second-order valence-electron chi connectivity index (χ2n) is 3.80. The summed E-state index contributed by atoms with van der Waals surface area (Å²) >= 11 is 6.01. The van der Waals surface area contributed by atoms with Crippen molar-refractivity contribution in [1.29, 1.82) is 10.8 Å². The molecule has 0 spiro atoms. The van der Waals surface area contributed by atoms with Crippen molar-refractivity contribution < 1.29 is 4.79 Å². The Kier molecular flexibility index (Phi) is 7.98. The van der Waals surface area contributed by atoms with Gasteiger partial charge < -0.3 is 5.32 Å². The predicted molar refractivity (Wildman–Crippen MR) is 81.3 cm³/mol. The molecule has 2 rings (SSSR count). The van der Waals surface area contributed by atoms with E-state index >= 15 is 0 Å². The van der Waals surface area contributed by atoms with Crippen LogP contribution >= 0.6 is 24.0 Å². The van der Waals surface area contributed by atoms with Gasteiger partial charge >= 0.3 is 0 Å². The van der Waals surface area contributed by atoms with Crippen LogP contribution in [0.1, 0.15) is 15.9 Å². The molecule has 0 aliphatic carbocycles. The number of anilines is 1. The van der Waals surface area contributed by atoms with Crippen LogP contribution < -0.4 is 5.32 Å². The number of nitrogens with zero attached hydrogens (tertiary/aromatic N) is 2. The second kappa shape index (κ2) is 8.92. The van der Waals surface area contributed by atoms with Gasteiger partial charge in [0.25, 0.3) is 5.91 Å². The van der Waals surface area contributed by atoms with Gasteiger partial charge in [-0.2, -0.15) is 0 Å². The Hall–Kier alpha value is -2.09. The lowest BCUT2D eigenvalue weighted by Crippen LogP contribution is -2.12. The smallest absolute Gasteiger partial charge is 0.255 e. The number of aryl methyl sites for hydroxylation is 1. The van der Waals surface area contributed by atoms with Crippen LogP contribution in [0.2, 0.25) is 5.02 Å². The molecular weight excluding hydrogens is 297 g/mol. The average molecular weight is 310 g/mol. The predicted octanol–water partition coefficient (Wildman–Crippen LogP) is 4.35. The minimum atomic E-state index is -0.155. The molecule has 0 atom stereocenters. The van der Waals surface area contributed by atoms with Crippen molar-refractivity contribution in [3.05, 3.63) is 64.7 Å². The van der Waals surface area contributed by atoms with Gasteiger partial charge in [-0.1, -0.05) is 35.9 Å². The molecule has 20 heavy (non-hydrogen) atoms. The number of benzene rings is 2. The molecule has 0 heterocycles. The van der Waals surface area contributed by atoms with E-state index in [0.29, 0.717) is 16.3 Å². The molecule has 4 nitrogen and oxygen atoms in total. The summed E-state index contributed by atoms with van der Waals surface area (Å²) in [5, 5.41) is 15.3. The first-order valence-electron chi connectivity index (χ1n) is 5.49. The molecule has 0 aliphatic heterocycles. The zero-order valence-corrected chi connectivity index (χ0v) is 12.3. The number of carbonyl (C=O) groups is 1. The van der Waals surface area contributed by atoms with E-state index < -0.39 is 0 Å². The number of hydrogen-bond acceptors (Lipinski definition) is 3. The number of hydrogen-bond donors (Lipinski definition) is 1. The summed E-state index contributed by atoms with van der Waals surface area (Å²) in [6, 6.07) is 14.6. The average Bonchev–Trinajstić information content (AvgIpc) is 2.46.